The smallest absolute Gasteiger partial charge is 0.338 e. The average Bonchev–Trinajstić information content (AvgIpc) is 2.89. The van der Waals surface area contributed by atoms with Gasteiger partial charge in [-0.25, -0.2) is 13.2 Å². The quantitative estimate of drug-likeness (QED) is 0.776. The van der Waals surface area contributed by atoms with E-state index in [1.165, 1.54) is 0 Å². The van der Waals surface area contributed by atoms with Gasteiger partial charge < -0.3 is 9.64 Å². The molecule has 0 aromatic heterocycles. The SMILES string of the molecule is CCOC(=O)c1ccc(N2C(=O)C[C@H]3CS(=O)(=O)C[C@H]32)cc1. The molecule has 2 saturated heterocycles. The van der Waals surface area contributed by atoms with Gasteiger partial charge in [-0.3, -0.25) is 4.79 Å². The molecule has 2 heterocycles. The van der Waals surface area contributed by atoms with Gasteiger partial charge in [0.1, 0.15) is 0 Å². The molecule has 2 aliphatic heterocycles. The van der Waals surface area contributed by atoms with Crippen molar-refractivity contribution in [3.63, 3.8) is 0 Å². The van der Waals surface area contributed by atoms with Gasteiger partial charge in [-0.05, 0) is 31.2 Å². The van der Waals surface area contributed by atoms with Crippen molar-refractivity contribution in [2.75, 3.05) is 23.0 Å². The largest absolute Gasteiger partial charge is 0.462 e. The van der Waals surface area contributed by atoms with Crippen LogP contribution in [-0.2, 0) is 19.4 Å². The molecule has 0 radical (unpaired) electrons. The number of amides is 1. The highest BCUT2D eigenvalue weighted by molar-refractivity contribution is 7.91. The molecular weight excluding hydrogens is 306 g/mol. The average molecular weight is 323 g/mol. The lowest BCUT2D eigenvalue weighted by molar-refractivity contribution is -0.117. The minimum Gasteiger partial charge on any atom is -0.462 e. The second kappa shape index (κ2) is 5.39. The van der Waals surface area contributed by atoms with E-state index in [-0.39, 0.29) is 35.8 Å². The van der Waals surface area contributed by atoms with Gasteiger partial charge in [-0.1, -0.05) is 0 Å². The van der Waals surface area contributed by atoms with E-state index in [1.807, 2.05) is 0 Å². The number of rotatable bonds is 3. The second-order valence-corrected chi connectivity index (χ2v) is 7.79. The van der Waals surface area contributed by atoms with Crippen LogP contribution in [0.25, 0.3) is 0 Å². The number of benzene rings is 1. The van der Waals surface area contributed by atoms with Crippen molar-refractivity contribution in [1.82, 2.24) is 0 Å². The van der Waals surface area contributed by atoms with Crippen molar-refractivity contribution in [1.29, 1.82) is 0 Å². The number of fused-ring (bicyclic) bond motifs is 1. The molecule has 0 saturated carbocycles. The Balaban J connectivity index is 1.84. The Bertz CT molecular complexity index is 710. The monoisotopic (exact) mass is 323 g/mol. The number of ether oxygens (including phenoxy) is 1. The number of anilines is 1. The molecule has 0 unspecified atom stereocenters. The van der Waals surface area contributed by atoms with Crippen LogP contribution in [0.1, 0.15) is 23.7 Å². The topological polar surface area (TPSA) is 80.8 Å². The van der Waals surface area contributed by atoms with Crippen LogP contribution in [0.5, 0.6) is 0 Å². The van der Waals surface area contributed by atoms with Crippen LogP contribution in [0, 0.1) is 5.92 Å². The van der Waals surface area contributed by atoms with Crippen molar-refractivity contribution in [3.8, 4) is 0 Å². The fraction of sp³-hybridized carbons (Fsp3) is 0.467. The third-order valence-electron chi connectivity index (χ3n) is 4.13. The fourth-order valence-electron chi connectivity index (χ4n) is 3.20. The summed E-state index contributed by atoms with van der Waals surface area (Å²) in [5.41, 5.74) is 1.04. The normalized spacial score (nSPS) is 26.0. The van der Waals surface area contributed by atoms with Gasteiger partial charge in [0.15, 0.2) is 9.84 Å². The van der Waals surface area contributed by atoms with E-state index >= 15 is 0 Å². The van der Waals surface area contributed by atoms with Crippen LogP contribution in [-0.4, -0.2) is 44.4 Å². The first kappa shape index (κ1) is 15.0. The van der Waals surface area contributed by atoms with Gasteiger partial charge in [0.25, 0.3) is 0 Å². The van der Waals surface area contributed by atoms with E-state index in [2.05, 4.69) is 0 Å². The van der Waals surface area contributed by atoms with E-state index in [9.17, 15) is 18.0 Å². The number of nitrogens with zero attached hydrogens (tertiary/aromatic N) is 1. The van der Waals surface area contributed by atoms with Gasteiger partial charge in [0, 0.05) is 18.0 Å². The standard InChI is InChI=1S/C15H17NO5S/c1-2-21-15(18)10-3-5-12(6-4-10)16-13-9-22(19,20)8-11(13)7-14(16)17/h3-6,11,13H,2,7-9H2,1H3/t11-,13+/m0/s1. The van der Waals surface area contributed by atoms with Gasteiger partial charge in [-0.15, -0.1) is 0 Å². The maximum absolute atomic E-state index is 12.2. The van der Waals surface area contributed by atoms with E-state index < -0.39 is 15.8 Å². The van der Waals surface area contributed by atoms with E-state index in [0.29, 0.717) is 17.9 Å². The molecule has 2 aliphatic rings. The fourth-order valence-corrected chi connectivity index (χ4v) is 5.27. The Morgan fingerprint density at radius 1 is 1.27 bits per heavy atom. The molecule has 2 atom stereocenters. The molecule has 1 aromatic carbocycles. The minimum atomic E-state index is -3.07. The van der Waals surface area contributed by atoms with Crippen LogP contribution in [0.4, 0.5) is 5.69 Å². The molecule has 118 valence electrons. The first-order chi connectivity index (χ1) is 10.4. The van der Waals surface area contributed by atoms with Crippen LogP contribution < -0.4 is 4.90 Å². The molecule has 6 nitrogen and oxygen atoms in total. The summed E-state index contributed by atoms with van der Waals surface area (Å²) in [5, 5.41) is 0. The molecule has 3 rings (SSSR count). The minimum absolute atomic E-state index is 0.0169. The molecule has 1 amide bonds. The number of hydrogen-bond donors (Lipinski definition) is 0. The van der Waals surface area contributed by atoms with E-state index in [1.54, 1.807) is 36.1 Å². The number of sulfone groups is 1. The first-order valence-electron chi connectivity index (χ1n) is 7.21. The lowest BCUT2D eigenvalue weighted by atomic mass is 10.0. The number of hydrogen-bond acceptors (Lipinski definition) is 5. The molecule has 0 spiro atoms. The Hall–Kier alpha value is -1.89. The van der Waals surface area contributed by atoms with E-state index in [4.69, 9.17) is 4.74 Å². The highest BCUT2D eigenvalue weighted by Gasteiger charge is 2.49. The Kier molecular flexibility index (Phi) is 3.68. The zero-order chi connectivity index (χ0) is 15.9. The van der Waals surface area contributed by atoms with Crippen molar-refractivity contribution < 1.29 is 22.7 Å². The highest BCUT2D eigenvalue weighted by atomic mass is 32.2. The molecule has 2 fully saturated rings. The number of carbonyl (C=O) groups is 2. The maximum atomic E-state index is 12.2. The summed E-state index contributed by atoms with van der Waals surface area (Å²) in [6.45, 7) is 2.03. The molecule has 0 N–H and O–H groups in total. The lowest BCUT2D eigenvalue weighted by Gasteiger charge is -2.23. The van der Waals surface area contributed by atoms with Crippen molar-refractivity contribution >= 4 is 27.4 Å². The van der Waals surface area contributed by atoms with Crippen molar-refractivity contribution in [3.05, 3.63) is 29.8 Å². The van der Waals surface area contributed by atoms with Gasteiger partial charge >= 0.3 is 5.97 Å². The predicted octanol–water partition coefficient (Wildman–Crippen LogP) is 1.01. The van der Waals surface area contributed by atoms with Crippen LogP contribution >= 0.6 is 0 Å². The summed E-state index contributed by atoms with van der Waals surface area (Å²) in [5.74, 6) is -0.497. The molecular formula is C15H17NO5S. The van der Waals surface area contributed by atoms with Crippen LogP contribution in [0.3, 0.4) is 0 Å². The predicted molar refractivity (Wildman–Crippen MR) is 80.4 cm³/mol. The Labute approximate surface area is 129 Å². The Morgan fingerprint density at radius 3 is 2.59 bits per heavy atom. The maximum Gasteiger partial charge on any atom is 0.338 e. The van der Waals surface area contributed by atoms with Gasteiger partial charge in [-0.2, -0.15) is 0 Å². The van der Waals surface area contributed by atoms with Gasteiger partial charge in [0.2, 0.25) is 5.91 Å². The van der Waals surface area contributed by atoms with Gasteiger partial charge in [0.05, 0.1) is 29.7 Å². The summed E-state index contributed by atoms with van der Waals surface area (Å²) < 4.78 is 28.4. The summed E-state index contributed by atoms with van der Waals surface area (Å²) in [6.07, 6.45) is 0.267. The molecule has 0 aliphatic carbocycles. The zero-order valence-corrected chi connectivity index (χ0v) is 13.0. The molecule has 7 heteroatoms. The van der Waals surface area contributed by atoms with Crippen LogP contribution in [0.2, 0.25) is 0 Å². The van der Waals surface area contributed by atoms with Crippen molar-refractivity contribution in [2.24, 2.45) is 5.92 Å². The third-order valence-corrected chi connectivity index (χ3v) is 5.92. The number of esters is 1. The summed E-state index contributed by atoms with van der Waals surface area (Å²) in [7, 11) is -3.07. The second-order valence-electron chi connectivity index (χ2n) is 5.64. The number of carbonyl (C=O) groups excluding carboxylic acids is 2. The van der Waals surface area contributed by atoms with E-state index in [0.717, 1.165) is 0 Å². The molecule has 0 bridgehead atoms. The Morgan fingerprint density at radius 2 is 1.95 bits per heavy atom. The summed E-state index contributed by atoms with van der Waals surface area (Å²) in [6, 6.07) is 6.23. The summed E-state index contributed by atoms with van der Waals surface area (Å²) >= 11 is 0. The first-order valence-corrected chi connectivity index (χ1v) is 9.03. The molecule has 22 heavy (non-hydrogen) atoms. The lowest BCUT2D eigenvalue weighted by Crippen LogP contribution is -2.36. The van der Waals surface area contributed by atoms with Crippen molar-refractivity contribution in [2.45, 2.75) is 19.4 Å². The third kappa shape index (κ3) is 2.61. The summed E-state index contributed by atoms with van der Waals surface area (Å²) in [4.78, 5) is 25.3. The zero-order valence-electron chi connectivity index (χ0n) is 12.2. The van der Waals surface area contributed by atoms with Crippen LogP contribution in [0.15, 0.2) is 24.3 Å². The highest BCUT2D eigenvalue weighted by Crippen LogP contribution is 2.37. The molecule has 1 aromatic rings.